The van der Waals surface area contributed by atoms with Gasteiger partial charge in [0.1, 0.15) is 0 Å². The number of nitrogens with two attached hydrogens (primary N) is 2. The van der Waals surface area contributed by atoms with Gasteiger partial charge in [0, 0.05) is 17.3 Å². The minimum Gasteiger partial charge on any atom is -0.399 e. The smallest absolute Gasteiger partial charge is 0.0361 e. The summed E-state index contributed by atoms with van der Waals surface area (Å²) in [5, 5.41) is 0. The third kappa shape index (κ3) is 2.75. The van der Waals surface area contributed by atoms with Crippen LogP contribution in [0, 0.1) is 0 Å². The van der Waals surface area contributed by atoms with Crippen molar-refractivity contribution in [3.8, 4) is 0 Å². The molecule has 0 aromatic heterocycles. The van der Waals surface area contributed by atoms with Crippen molar-refractivity contribution in [2.45, 2.75) is 5.92 Å². The lowest BCUT2D eigenvalue weighted by molar-refractivity contribution is 0.982. The van der Waals surface area contributed by atoms with E-state index in [-0.39, 0.29) is 5.92 Å². The first-order valence-electron chi connectivity index (χ1n) is 7.00. The van der Waals surface area contributed by atoms with Crippen LogP contribution < -0.4 is 11.5 Å². The van der Waals surface area contributed by atoms with Crippen molar-refractivity contribution in [1.29, 1.82) is 0 Å². The predicted octanol–water partition coefficient (Wildman–Crippen LogP) is 4.03. The lowest BCUT2D eigenvalue weighted by Gasteiger charge is -2.20. The molecule has 4 N–H and O–H groups in total. The third-order valence-electron chi connectivity index (χ3n) is 3.68. The van der Waals surface area contributed by atoms with Crippen molar-refractivity contribution in [2.24, 2.45) is 0 Å². The van der Waals surface area contributed by atoms with Crippen LogP contribution in [0.15, 0.2) is 78.9 Å². The van der Waals surface area contributed by atoms with E-state index in [1.807, 2.05) is 54.6 Å². The Kier molecular flexibility index (Phi) is 3.61. The van der Waals surface area contributed by atoms with E-state index in [4.69, 9.17) is 11.5 Å². The maximum atomic E-state index is 6.20. The first-order chi connectivity index (χ1) is 10.3. The van der Waals surface area contributed by atoms with Gasteiger partial charge in [-0.25, -0.2) is 0 Å². The highest BCUT2D eigenvalue weighted by atomic mass is 14.6. The third-order valence-corrected chi connectivity index (χ3v) is 3.68. The van der Waals surface area contributed by atoms with Gasteiger partial charge in [-0.05, 0) is 34.9 Å². The Labute approximate surface area is 125 Å². The van der Waals surface area contributed by atoms with Gasteiger partial charge < -0.3 is 11.5 Å². The second-order valence-electron chi connectivity index (χ2n) is 5.14. The molecule has 3 aromatic carbocycles. The molecule has 0 fully saturated rings. The van der Waals surface area contributed by atoms with Gasteiger partial charge in [-0.15, -0.1) is 0 Å². The highest BCUT2D eigenvalue weighted by Crippen LogP contribution is 2.35. The number of para-hydroxylation sites is 1. The highest BCUT2D eigenvalue weighted by Gasteiger charge is 2.18. The normalized spacial score (nSPS) is 12.0. The molecule has 0 saturated carbocycles. The van der Waals surface area contributed by atoms with E-state index in [1.165, 1.54) is 5.56 Å². The summed E-state index contributed by atoms with van der Waals surface area (Å²) in [5.74, 6) is 0.0934. The minimum atomic E-state index is 0.0934. The van der Waals surface area contributed by atoms with Crippen LogP contribution in [0.5, 0.6) is 0 Å². The van der Waals surface area contributed by atoms with Crippen LogP contribution in [0.25, 0.3) is 0 Å². The van der Waals surface area contributed by atoms with E-state index in [2.05, 4.69) is 24.3 Å². The molecule has 0 saturated heterocycles. The molecule has 1 unspecified atom stereocenters. The molecule has 3 rings (SSSR count). The van der Waals surface area contributed by atoms with Crippen molar-refractivity contribution in [3.05, 3.63) is 95.6 Å². The van der Waals surface area contributed by atoms with E-state index in [0.717, 1.165) is 22.5 Å². The average Bonchev–Trinajstić information content (AvgIpc) is 2.51. The summed E-state index contributed by atoms with van der Waals surface area (Å²) in [7, 11) is 0. The number of rotatable bonds is 3. The summed E-state index contributed by atoms with van der Waals surface area (Å²) in [6, 6.07) is 26.4. The molecule has 0 radical (unpaired) electrons. The molecule has 21 heavy (non-hydrogen) atoms. The molecule has 0 bridgehead atoms. The second kappa shape index (κ2) is 5.71. The van der Waals surface area contributed by atoms with Crippen LogP contribution in [0.1, 0.15) is 22.6 Å². The summed E-state index contributed by atoms with van der Waals surface area (Å²) in [4.78, 5) is 0. The fraction of sp³-hybridized carbons (Fsp3) is 0.0526. The molecule has 3 aromatic rings. The molecule has 0 amide bonds. The summed E-state index contributed by atoms with van der Waals surface area (Å²) >= 11 is 0. The maximum absolute atomic E-state index is 6.20. The van der Waals surface area contributed by atoms with Crippen molar-refractivity contribution in [1.82, 2.24) is 0 Å². The quantitative estimate of drug-likeness (QED) is 0.559. The zero-order valence-electron chi connectivity index (χ0n) is 11.7. The SMILES string of the molecule is Nc1cccc(C(c2ccccc2)c2ccccc2N)c1. The largest absolute Gasteiger partial charge is 0.399 e. The Morgan fingerprint density at radius 2 is 1.29 bits per heavy atom. The van der Waals surface area contributed by atoms with Crippen LogP contribution in [0.2, 0.25) is 0 Å². The monoisotopic (exact) mass is 274 g/mol. The number of anilines is 2. The Morgan fingerprint density at radius 1 is 0.619 bits per heavy atom. The molecule has 2 heteroatoms. The first-order valence-corrected chi connectivity index (χ1v) is 7.00. The van der Waals surface area contributed by atoms with E-state index in [1.54, 1.807) is 0 Å². The van der Waals surface area contributed by atoms with Gasteiger partial charge >= 0.3 is 0 Å². The molecule has 0 aliphatic heterocycles. The highest BCUT2D eigenvalue weighted by molar-refractivity contribution is 5.57. The maximum Gasteiger partial charge on any atom is 0.0361 e. The molecule has 0 aliphatic rings. The van der Waals surface area contributed by atoms with Gasteiger partial charge in [0.25, 0.3) is 0 Å². The van der Waals surface area contributed by atoms with Crippen molar-refractivity contribution >= 4 is 11.4 Å². The van der Waals surface area contributed by atoms with Crippen molar-refractivity contribution in [2.75, 3.05) is 11.5 Å². The molecule has 0 spiro atoms. The Bertz CT molecular complexity index is 735. The Balaban J connectivity index is 2.19. The topological polar surface area (TPSA) is 52.0 Å². The van der Waals surface area contributed by atoms with Crippen LogP contribution in [-0.4, -0.2) is 0 Å². The molecule has 1 atom stereocenters. The van der Waals surface area contributed by atoms with E-state index < -0.39 is 0 Å². The van der Waals surface area contributed by atoms with Gasteiger partial charge in [0.15, 0.2) is 0 Å². The Morgan fingerprint density at radius 3 is 2.00 bits per heavy atom. The van der Waals surface area contributed by atoms with E-state index in [9.17, 15) is 0 Å². The average molecular weight is 274 g/mol. The summed E-state index contributed by atoms with van der Waals surface area (Å²) in [6.07, 6.45) is 0. The lowest BCUT2D eigenvalue weighted by Crippen LogP contribution is -2.06. The fourth-order valence-electron chi connectivity index (χ4n) is 2.71. The number of benzene rings is 3. The fourth-order valence-corrected chi connectivity index (χ4v) is 2.71. The summed E-state index contributed by atoms with van der Waals surface area (Å²) in [6.45, 7) is 0. The van der Waals surface area contributed by atoms with Gasteiger partial charge in [-0.3, -0.25) is 0 Å². The van der Waals surface area contributed by atoms with E-state index in [0.29, 0.717) is 0 Å². The number of hydrogen-bond acceptors (Lipinski definition) is 2. The molecule has 2 nitrogen and oxygen atoms in total. The lowest BCUT2D eigenvalue weighted by atomic mass is 9.84. The summed E-state index contributed by atoms with van der Waals surface area (Å²) < 4.78 is 0. The minimum absolute atomic E-state index is 0.0934. The van der Waals surface area contributed by atoms with Crippen molar-refractivity contribution in [3.63, 3.8) is 0 Å². The number of nitrogen functional groups attached to an aromatic ring is 2. The van der Waals surface area contributed by atoms with Gasteiger partial charge in [0.05, 0.1) is 0 Å². The Hall–Kier alpha value is -2.74. The summed E-state index contributed by atoms with van der Waals surface area (Å²) in [5.41, 5.74) is 17.2. The predicted molar refractivity (Wildman–Crippen MR) is 89.1 cm³/mol. The molecule has 0 aliphatic carbocycles. The standard InChI is InChI=1S/C19H18N2/c20-16-10-6-9-15(13-16)19(14-7-2-1-3-8-14)17-11-4-5-12-18(17)21/h1-13,19H,20-21H2. The van der Waals surface area contributed by atoms with Crippen molar-refractivity contribution < 1.29 is 0 Å². The molecule has 104 valence electrons. The van der Waals surface area contributed by atoms with Gasteiger partial charge in [-0.2, -0.15) is 0 Å². The first kappa shape index (κ1) is 13.3. The van der Waals surface area contributed by atoms with Gasteiger partial charge in [0.2, 0.25) is 0 Å². The molecular weight excluding hydrogens is 256 g/mol. The molecule has 0 heterocycles. The zero-order chi connectivity index (χ0) is 14.7. The van der Waals surface area contributed by atoms with Crippen LogP contribution in [-0.2, 0) is 0 Å². The van der Waals surface area contributed by atoms with Crippen LogP contribution in [0.4, 0.5) is 11.4 Å². The van der Waals surface area contributed by atoms with Gasteiger partial charge in [-0.1, -0.05) is 60.7 Å². The number of hydrogen-bond donors (Lipinski definition) is 2. The molecular formula is C19H18N2. The van der Waals surface area contributed by atoms with E-state index >= 15 is 0 Å². The zero-order valence-corrected chi connectivity index (χ0v) is 11.7. The van der Waals surface area contributed by atoms with Crippen LogP contribution >= 0.6 is 0 Å². The second-order valence-corrected chi connectivity index (χ2v) is 5.14. The van der Waals surface area contributed by atoms with Crippen LogP contribution in [0.3, 0.4) is 0 Å².